The molecule has 4 rings (SSSR count). The molecule has 2 aromatic heterocycles. The van der Waals surface area contributed by atoms with E-state index in [2.05, 4.69) is 21.1 Å². The average molecular weight is 364 g/mol. The van der Waals surface area contributed by atoms with Crippen molar-refractivity contribution < 1.29 is 0 Å². The van der Waals surface area contributed by atoms with Crippen LogP contribution in [0.2, 0.25) is 5.02 Å². The number of hydrogen-bond acceptors (Lipinski definition) is 5. The fourth-order valence-corrected chi connectivity index (χ4v) is 3.47. The van der Waals surface area contributed by atoms with Crippen molar-refractivity contribution in [1.82, 2.24) is 19.7 Å². The maximum Gasteiger partial charge on any atom is 0.138 e. The highest BCUT2D eigenvalue weighted by atomic mass is 35.5. The molecule has 0 spiro atoms. The van der Waals surface area contributed by atoms with Crippen LogP contribution in [0.15, 0.2) is 55.1 Å². The molecule has 0 unspecified atom stereocenters. The van der Waals surface area contributed by atoms with E-state index in [4.69, 9.17) is 11.6 Å². The average Bonchev–Trinajstić information content (AvgIpc) is 3.29. The normalized spacial score (nSPS) is 11.6. The van der Waals surface area contributed by atoms with E-state index in [1.54, 1.807) is 17.1 Å². The van der Waals surface area contributed by atoms with Gasteiger partial charge < -0.3 is 0 Å². The summed E-state index contributed by atoms with van der Waals surface area (Å²) < 4.78 is 2.68. The van der Waals surface area contributed by atoms with Gasteiger partial charge in [-0.2, -0.15) is 10.4 Å². The first-order valence-electron chi connectivity index (χ1n) is 7.36. The summed E-state index contributed by atoms with van der Waals surface area (Å²) in [5.74, 6) is 0. The number of nitriles is 1. The minimum absolute atomic E-state index is 0.519. The molecule has 2 heterocycles. The molecule has 0 fully saturated rings. The Morgan fingerprint density at radius 2 is 2.04 bits per heavy atom. The summed E-state index contributed by atoms with van der Waals surface area (Å²) >= 11 is 7.48. The minimum Gasteiger partial charge on any atom is -0.235 e. The Bertz CT molecular complexity index is 1100. The van der Waals surface area contributed by atoms with Gasteiger partial charge in [0.05, 0.1) is 21.5 Å². The first-order valence-corrected chi connectivity index (χ1v) is 8.56. The molecule has 0 aliphatic rings. The molecule has 0 amide bonds. The number of rotatable bonds is 3. The predicted octanol–water partition coefficient (Wildman–Crippen LogP) is 4.59. The highest BCUT2D eigenvalue weighted by Gasteiger charge is 2.09. The third kappa shape index (κ3) is 3.15. The molecule has 0 N–H and O–H groups in total. The Morgan fingerprint density at radius 1 is 1.20 bits per heavy atom. The lowest BCUT2D eigenvalue weighted by Crippen LogP contribution is -1.93. The molecule has 0 saturated heterocycles. The van der Waals surface area contributed by atoms with Crippen molar-refractivity contribution in [2.24, 2.45) is 0 Å². The number of nitrogens with zero attached hydrogens (tertiary/aromatic N) is 5. The fourth-order valence-electron chi connectivity index (χ4n) is 2.39. The molecule has 0 aliphatic carbocycles. The zero-order chi connectivity index (χ0) is 17.2. The number of hydrogen-bond donors (Lipinski definition) is 0. The number of aromatic nitrogens is 4. The predicted molar refractivity (Wildman–Crippen MR) is 99.5 cm³/mol. The molecule has 0 aliphatic heterocycles. The van der Waals surface area contributed by atoms with E-state index in [-0.39, 0.29) is 0 Å². The summed E-state index contributed by atoms with van der Waals surface area (Å²) in [7, 11) is 0. The van der Waals surface area contributed by atoms with Crippen LogP contribution in [0.4, 0.5) is 0 Å². The molecule has 120 valence electrons. The van der Waals surface area contributed by atoms with E-state index in [0.717, 1.165) is 21.5 Å². The van der Waals surface area contributed by atoms with E-state index in [0.29, 0.717) is 15.6 Å². The van der Waals surface area contributed by atoms with Gasteiger partial charge in [0.25, 0.3) is 0 Å². The van der Waals surface area contributed by atoms with Crippen LogP contribution in [0, 0.1) is 11.3 Å². The Labute approximate surface area is 152 Å². The van der Waals surface area contributed by atoms with Crippen molar-refractivity contribution in [3.8, 4) is 11.8 Å². The molecule has 2 aromatic carbocycles. The number of benzene rings is 2. The van der Waals surface area contributed by atoms with Crippen LogP contribution in [0.25, 0.3) is 27.6 Å². The van der Waals surface area contributed by atoms with Crippen LogP contribution < -0.4 is 0 Å². The number of thiazole rings is 1. The van der Waals surface area contributed by atoms with Crippen LogP contribution in [-0.2, 0) is 0 Å². The molecular formula is C18H10ClN5S. The lowest BCUT2D eigenvalue weighted by atomic mass is 10.1. The number of fused-ring (bicyclic) bond motifs is 1. The van der Waals surface area contributed by atoms with Gasteiger partial charge in [-0.3, -0.25) is 0 Å². The van der Waals surface area contributed by atoms with Gasteiger partial charge >= 0.3 is 0 Å². The van der Waals surface area contributed by atoms with Crippen molar-refractivity contribution in [1.29, 1.82) is 5.26 Å². The van der Waals surface area contributed by atoms with Gasteiger partial charge in [0, 0.05) is 5.02 Å². The summed E-state index contributed by atoms with van der Waals surface area (Å²) in [5.41, 5.74) is 3.14. The van der Waals surface area contributed by atoms with E-state index >= 15 is 0 Å². The Hall–Kier alpha value is -3.01. The van der Waals surface area contributed by atoms with Crippen LogP contribution in [0.1, 0.15) is 10.6 Å². The Balaban J connectivity index is 1.68. The lowest BCUT2D eigenvalue weighted by Gasteiger charge is -2.01. The highest BCUT2D eigenvalue weighted by Crippen LogP contribution is 2.29. The maximum absolute atomic E-state index is 9.53. The van der Waals surface area contributed by atoms with Gasteiger partial charge in [0.15, 0.2) is 0 Å². The van der Waals surface area contributed by atoms with E-state index < -0.39 is 0 Å². The molecule has 25 heavy (non-hydrogen) atoms. The first kappa shape index (κ1) is 15.5. The standard InChI is InChI=1S/C18H10ClN5S/c19-14-3-6-17-16(8-14)23-18(25-17)13(9-20)7-12-1-4-15(5-2-12)24-11-21-10-22-24/h1-8,10-11H/b13-7-. The second-order valence-corrected chi connectivity index (χ2v) is 6.70. The molecule has 0 saturated carbocycles. The van der Waals surface area contributed by atoms with Crippen molar-refractivity contribution in [2.75, 3.05) is 0 Å². The van der Waals surface area contributed by atoms with Gasteiger partial charge in [-0.25, -0.2) is 14.6 Å². The summed E-state index contributed by atoms with van der Waals surface area (Å²) in [4.78, 5) is 8.45. The smallest absolute Gasteiger partial charge is 0.138 e. The van der Waals surface area contributed by atoms with E-state index in [1.165, 1.54) is 17.7 Å². The van der Waals surface area contributed by atoms with Crippen LogP contribution in [-0.4, -0.2) is 19.7 Å². The summed E-state index contributed by atoms with van der Waals surface area (Å²) in [6.45, 7) is 0. The molecule has 7 heteroatoms. The zero-order valence-corrected chi connectivity index (χ0v) is 14.4. The van der Waals surface area contributed by atoms with Gasteiger partial charge in [-0.1, -0.05) is 23.7 Å². The van der Waals surface area contributed by atoms with Gasteiger partial charge in [-0.05, 0) is 42.0 Å². The summed E-state index contributed by atoms with van der Waals surface area (Å²) in [5, 5.41) is 14.9. The van der Waals surface area contributed by atoms with Crippen molar-refractivity contribution in [3.63, 3.8) is 0 Å². The molecule has 4 aromatic rings. The molecule has 0 atom stereocenters. The van der Waals surface area contributed by atoms with Crippen molar-refractivity contribution >= 4 is 44.8 Å². The highest BCUT2D eigenvalue weighted by molar-refractivity contribution is 7.19. The van der Waals surface area contributed by atoms with Gasteiger partial charge in [-0.15, -0.1) is 11.3 Å². The maximum atomic E-state index is 9.53. The van der Waals surface area contributed by atoms with Gasteiger partial charge in [0.2, 0.25) is 0 Å². The first-order chi connectivity index (χ1) is 12.2. The van der Waals surface area contributed by atoms with E-state index in [9.17, 15) is 5.26 Å². The Kier molecular flexibility index (Phi) is 4.02. The van der Waals surface area contributed by atoms with E-state index in [1.807, 2.05) is 42.5 Å². The molecule has 0 bridgehead atoms. The van der Waals surface area contributed by atoms with Crippen molar-refractivity contribution in [2.45, 2.75) is 0 Å². The Morgan fingerprint density at radius 3 is 2.76 bits per heavy atom. The topological polar surface area (TPSA) is 67.4 Å². The molecule has 0 radical (unpaired) electrons. The quantitative estimate of drug-likeness (QED) is 0.499. The largest absolute Gasteiger partial charge is 0.235 e. The molecule has 5 nitrogen and oxygen atoms in total. The SMILES string of the molecule is N#C/C(=C/c1ccc(-n2cncn2)cc1)c1nc2cc(Cl)ccc2s1. The van der Waals surface area contributed by atoms with Gasteiger partial charge in [0.1, 0.15) is 23.7 Å². The monoisotopic (exact) mass is 363 g/mol. The third-order valence-electron chi connectivity index (χ3n) is 3.59. The third-order valence-corrected chi connectivity index (χ3v) is 4.89. The minimum atomic E-state index is 0.519. The van der Waals surface area contributed by atoms with Crippen LogP contribution >= 0.6 is 22.9 Å². The van der Waals surface area contributed by atoms with Crippen LogP contribution in [0.3, 0.4) is 0 Å². The van der Waals surface area contributed by atoms with Crippen molar-refractivity contribution in [3.05, 3.63) is 70.7 Å². The molecular weight excluding hydrogens is 354 g/mol. The fraction of sp³-hybridized carbons (Fsp3) is 0. The second-order valence-electron chi connectivity index (χ2n) is 5.23. The zero-order valence-electron chi connectivity index (χ0n) is 12.8. The second kappa shape index (κ2) is 6.48. The number of halogens is 1. The number of allylic oxidation sites excluding steroid dienone is 1. The van der Waals surface area contributed by atoms with Crippen LogP contribution in [0.5, 0.6) is 0 Å². The lowest BCUT2D eigenvalue weighted by molar-refractivity contribution is 0.879. The summed E-state index contributed by atoms with van der Waals surface area (Å²) in [6.07, 6.45) is 4.95. The summed E-state index contributed by atoms with van der Waals surface area (Å²) in [6, 6.07) is 15.5.